The van der Waals surface area contributed by atoms with E-state index >= 15 is 0 Å². The lowest BCUT2D eigenvalue weighted by atomic mass is 10.2. The van der Waals surface area contributed by atoms with Crippen molar-refractivity contribution in [1.29, 1.82) is 0 Å². The predicted octanol–water partition coefficient (Wildman–Crippen LogP) is 1.07. The molecule has 6 nitrogen and oxygen atoms in total. The molecule has 0 amide bonds. The van der Waals surface area contributed by atoms with Crippen LogP contribution in [0.2, 0.25) is 0 Å². The zero-order chi connectivity index (χ0) is 14.3. The molecule has 1 saturated heterocycles. The predicted molar refractivity (Wildman–Crippen MR) is 78.3 cm³/mol. The summed E-state index contributed by atoms with van der Waals surface area (Å²) in [5.74, 6) is -0.674. The summed E-state index contributed by atoms with van der Waals surface area (Å²) in [7, 11) is -2.94. The first kappa shape index (κ1) is 13.4. The van der Waals surface area contributed by atoms with Gasteiger partial charge in [-0.1, -0.05) is 11.8 Å². The number of aliphatic imine (C=N–C) groups is 1. The van der Waals surface area contributed by atoms with Crippen molar-refractivity contribution in [3.8, 4) is 0 Å². The highest BCUT2D eigenvalue weighted by atomic mass is 32.2. The van der Waals surface area contributed by atoms with Crippen molar-refractivity contribution in [2.45, 2.75) is 11.3 Å². The minimum Gasteiger partial charge on any atom is -0.478 e. The topological polar surface area (TPSA) is 95.8 Å². The van der Waals surface area contributed by atoms with Crippen molar-refractivity contribution >= 4 is 38.4 Å². The summed E-state index contributed by atoms with van der Waals surface area (Å²) < 4.78 is 22.9. The number of nitrogens with zero attached hydrogens (tertiary/aromatic N) is 1. The molecule has 106 valence electrons. The van der Waals surface area contributed by atoms with E-state index in [1.54, 1.807) is 12.1 Å². The molecular weight excluding hydrogens is 300 g/mol. The summed E-state index contributed by atoms with van der Waals surface area (Å²) in [5.41, 5.74) is 0.962. The molecule has 0 bridgehead atoms. The Morgan fingerprint density at radius 3 is 2.60 bits per heavy atom. The SMILES string of the molecule is O=C(O)c1ccc(NC2=NC3CS(=O)(=O)CC3S2)cc1. The smallest absolute Gasteiger partial charge is 0.335 e. The molecule has 0 spiro atoms. The zero-order valence-electron chi connectivity index (χ0n) is 10.3. The maximum atomic E-state index is 11.5. The van der Waals surface area contributed by atoms with Gasteiger partial charge in [-0.15, -0.1) is 0 Å². The van der Waals surface area contributed by atoms with Crippen LogP contribution in [-0.4, -0.2) is 47.5 Å². The van der Waals surface area contributed by atoms with Crippen LogP contribution in [0.4, 0.5) is 5.69 Å². The number of rotatable bonds is 2. The van der Waals surface area contributed by atoms with Gasteiger partial charge in [-0.2, -0.15) is 0 Å². The average molecular weight is 312 g/mol. The fourth-order valence-corrected chi connectivity index (χ4v) is 5.91. The van der Waals surface area contributed by atoms with Crippen LogP contribution in [0.3, 0.4) is 0 Å². The van der Waals surface area contributed by atoms with E-state index in [4.69, 9.17) is 5.11 Å². The summed E-state index contributed by atoms with van der Waals surface area (Å²) in [6.07, 6.45) is 0. The fourth-order valence-electron chi connectivity index (χ4n) is 2.24. The van der Waals surface area contributed by atoms with Gasteiger partial charge in [-0.05, 0) is 24.3 Å². The Bertz CT molecular complexity index is 682. The minimum atomic E-state index is -2.94. The number of hydrogen-bond donors (Lipinski definition) is 2. The van der Waals surface area contributed by atoms with E-state index in [1.807, 2.05) is 0 Å². The number of amidine groups is 1. The molecule has 1 fully saturated rings. The van der Waals surface area contributed by atoms with E-state index < -0.39 is 15.8 Å². The van der Waals surface area contributed by atoms with Crippen molar-refractivity contribution in [3.05, 3.63) is 29.8 Å². The highest BCUT2D eigenvalue weighted by Crippen LogP contribution is 2.34. The lowest BCUT2D eigenvalue weighted by Gasteiger charge is -2.06. The number of carbonyl (C=O) groups is 1. The number of nitrogens with one attached hydrogen (secondary N) is 1. The molecular formula is C12H12N2O4S2. The Morgan fingerprint density at radius 1 is 1.30 bits per heavy atom. The summed E-state index contributed by atoms with van der Waals surface area (Å²) in [4.78, 5) is 15.1. The maximum absolute atomic E-state index is 11.5. The average Bonchev–Trinajstić information content (AvgIpc) is 2.82. The molecule has 2 aliphatic heterocycles. The van der Waals surface area contributed by atoms with Gasteiger partial charge in [-0.3, -0.25) is 4.99 Å². The molecule has 0 aliphatic carbocycles. The van der Waals surface area contributed by atoms with Crippen LogP contribution in [0.5, 0.6) is 0 Å². The summed E-state index contributed by atoms with van der Waals surface area (Å²) >= 11 is 1.43. The Balaban J connectivity index is 1.69. The molecule has 0 radical (unpaired) electrons. The lowest BCUT2D eigenvalue weighted by Crippen LogP contribution is -2.13. The second-order valence-electron chi connectivity index (χ2n) is 4.74. The van der Waals surface area contributed by atoms with E-state index in [0.717, 1.165) is 5.69 Å². The maximum Gasteiger partial charge on any atom is 0.335 e. The van der Waals surface area contributed by atoms with E-state index in [9.17, 15) is 13.2 Å². The first-order valence-electron chi connectivity index (χ1n) is 5.98. The zero-order valence-corrected chi connectivity index (χ0v) is 11.9. The van der Waals surface area contributed by atoms with Crippen molar-refractivity contribution in [2.24, 2.45) is 4.99 Å². The second kappa shape index (κ2) is 4.78. The Morgan fingerprint density at radius 2 is 2.00 bits per heavy atom. The minimum absolute atomic E-state index is 0.000734. The van der Waals surface area contributed by atoms with Gasteiger partial charge >= 0.3 is 5.97 Å². The Hall–Kier alpha value is -1.54. The van der Waals surface area contributed by atoms with Gasteiger partial charge in [0.15, 0.2) is 15.0 Å². The van der Waals surface area contributed by atoms with Gasteiger partial charge in [0.25, 0.3) is 0 Å². The molecule has 3 rings (SSSR count). The highest BCUT2D eigenvalue weighted by Gasteiger charge is 2.42. The van der Waals surface area contributed by atoms with E-state index in [-0.39, 0.29) is 28.4 Å². The molecule has 0 aromatic heterocycles. The molecule has 2 N–H and O–H groups in total. The van der Waals surface area contributed by atoms with Crippen molar-refractivity contribution in [3.63, 3.8) is 0 Å². The third kappa shape index (κ3) is 2.66. The molecule has 2 heterocycles. The van der Waals surface area contributed by atoms with Gasteiger partial charge in [0.05, 0.1) is 23.1 Å². The molecule has 0 saturated carbocycles. The number of anilines is 1. The van der Waals surface area contributed by atoms with E-state index in [1.165, 1.54) is 23.9 Å². The largest absolute Gasteiger partial charge is 0.478 e. The third-order valence-electron chi connectivity index (χ3n) is 3.20. The van der Waals surface area contributed by atoms with Crippen LogP contribution in [-0.2, 0) is 9.84 Å². The van der Waals surface area contributed by atoms with Gasteiger partial charge in [-0.25, -0.2) is 13.2 Å². The Kier molecular flexibility index (Phi) is 3.21. The summed E-state index contributed by atoms with van der Waals surface area (Å²) in [6.45, 7) is 0. The fraction of sp³-hybridized carbons (Fsp3) is 0.333. The number of fused-ring (bicyclic) bond motifs is 1. The monoisotopic (exact) mass is 312 g/mol. The van der Waals surface area contributed by atoms with Crippen LogP contribution in [0, 0.1) is 0 Å². The van der Waals surface area contributed by atoms with Crippen LogP contribution < -0.4 is 5.32 Å². The number of hydrogen-bond acceptors (Lipinski definition) is 6. The van der Waals surface area contributed by atoms with Crippen molar-refractivity contribution in [1.82, 2.24) is 0 Å². The van der Waals surface area contributed by atoms with Gasteiger partial charge in [0.2, 0.25) is 0 Å². The van der Waals surface area contributed by atoms with E-state index in [2.05, 4.69) is 10.3 Å². The number of benzene rings is 1. The van der Waals surface area contributed by atoms with Gasteiger partial charge in [0, 0.05) is 10.9 Å². The summed E-state index contributed by atoms with van der Waals surface area (Å²) in [5, 5.41) is 12.6. The molecule has 2 unspecified atom stereocenters. The highest BCUT2D eigenvalue weighted by molar-refractivity contribution is 8.15. The van der Waals surface area contributed by atoms with Gasteiger partial charge < -0.3 is 10.4 Å². The van der Waals surface area contributed by atoms with Gasteiger partial charge in [0.1, 0.15) is 0 Å². The Labute approximate surface area is 120 Å². The first-order valence-corrected chi connectivity index (χ1v) is 8.68. The van der Waals surface area contributed by atoms with Crippen LogP contribution in [0.15, 0.2) is 29.3 Å². The molecule has 8 heteroatoms. The molecule has 2 atom stereocenters. The standard InChI is InChI=1S/C12H12N2O4S2/c15-11(16)7-1-3-8(4-2-7)13-12-14-9-5-20(17,18)6-10(9)19-12/h1-4,9-10H,5-6H2,(H,13,14)(H,15,16). The lowest BCUT2D eigenvalue weighted by molar-refractivity contribution is 0.0697. The number of carboxylic acids is 1. The quantitative estimate of drug-likeness (QED) is 0.848. The summed E-state index contributed by atoms with van der Waals surface area (Å²) in [6, 6.07) is 6.19. The molecule has 2 aliphatic rings. The van der Waals surface area contributed by atoms with Crippen LogP contribution >= 0.6 is 11.8 Å². The molecule has 1 aromatic rings. The molecule has 20 heavy (non-hydrogen) atoms. The number of carboxylic acid groups (broad SMARTS) is 1. The van der Waals surface area contributed by atoms with Crippen LogP contribution in [0.1, 0.15) is 10.4 Å². The first-order chi connectivity index (χ1) is 9.43. The van der Waals surface area contributed by atoms with E-state index in [0.29, 0.717) is 5.17 Å². The van der Waals surface area contributed by atoms with Crippen molar-refractivity contribution < 1.29 is 18.3 Å². The normalized spacial score (nSPS) is 26.9. The van der Waals surface area contributed by atoms with Crippen LogP contribution in [0.25, 0.3) is 0 Å². The second-order valence-corrected chi connectivity index (χ2v) is 8.12. The number of sulfone groups is 1. The third-order valence-corrected chi connectivity index (χ3v) is 6.34. The number of thioether (sulfide) groups is 1. The van der Waals surface area contributed by atoms with Crippen molar-refractivity contribution in [2.75, 3.05) is 16.8 Å². The molecule has 1 aromatic carbocycles. The number of aromatic carboxylic acids is 1.